The molecule has 0 saturated heterocycles. The summed E-state index contributed by atoms with van der Waals surface area (Å²) in [5, 5.41) is 11.7. The van der Waals surface area contributed by atoms with E-state index >= 15 is 0 Å². The summed E-state index contributed by atoms with van der Waals surface area (Å²) in [5.74, 6) is -1.79. The number of carboxylic acid groups (broad SMARTS) is 1. The van der Waals surface area contributed by atoms with Crippen molar-refractivity contribution in [1.29, 1.82) is 0 Å². The Bertz CT molecular complexity index is 653. The molecule has 5 nitrogen and oxygen atoms in total. The fourth-order valence-corrected chi connectivity index (χ4v) is 1.76. The zero-order valence-electron chi connectivity index (χ0n) is 9.31. The number of hydrogen-bond acceptors (Lipinski definition) is 3. The van der Waals surface area contributed by atoms with Gasteiger partial charge in [0.15, 0.2) is 5.76 Å². The molecule has 2 aromatic rings. The maximum atomic E-state index is 11.8. The van der Waals surface area contributed by atoms with E-state index < -0.39 is 11.9 Å². The Balaban J connectivity index is 2.15. The summed E-state index contributed by atoms with van der Waals surface area (Å²) < 4.78 is 5.59. The molecule has 1 aromatic heterocycles. The molecule has 0 radical (unpaired) electrons. The lowest BCUT2D eigenvalue weighted by atomic mass is 10.3. The molecule has 0 aliphatic carbocycles. The highest BCUT2D eigenvalue weighted by molar-refractivity contribution is 9.10. The van der Waals surface area contributed by atoms with E-state index in [9.17, 15) is 9.59 Å². The van der Waals surface area contributed by atoms with Crippen LogP contribution in [0, 0.1) is 0 Å². The number of carbonyl (C=O) groups is 2. The minimum atomic E-state index is -1.16. The maximum absolute atomic E-state index is 11.8. The maximum Gasteiger partial charge on any atom is 0.338 e. The fourth-order valence-electron chi connectivity index (χ4n) is 1.33. The third-order valence-electron chi connectivity index (χ3n) is 2.25. The molecule has 0 unspecified atom stereocenters. The number of halogens is 2. The summed E-state index contributed by atoms with van der Waals surface area (Å²) in [6.45, 7) is 0. The van der Waals surface area contributed by atoms with Crippen molar-refractivity contribution in [1.82, 2.24) is 0 Å². The molecule has 1 amide bonds. The topological polar surface area (TPSA) is 79.5 Å². The van der Waals surface area contributed by atoms with Crippen LogP contribution in [0.2, 0.25) is 5.02 Å². The number of furan rings is 1. The van der Waals surface area contributed by atoms with Crippen molar-refractivity contribution < 1.29 is 19.1 Å². The zero-order chi connectivity index (χ0) is 14.0. The molecule has 1 heterocycles. The number of aromatic carboxylic acids is 1. The minimum Gasteiger partial charge on any atom is -0.478 e. The number of hydrogen-bond donors (Lipinski definition) is 2. The van der Waals surface area contributed by atoms with E-state index in [1.807, 2.05) is 0 Å². The molecule has 0 bridgehead atoms. The van der Waals surface area contributed by atoms with Gasteiger partial charge in [0.2, 0.25) is 0 Å². The number of benzene rings is 1. The highest BCUT2D eigenvalue weighted by atomic mass is 79.9. The van der Waals surface area contributed by atoms with E-state index in [0.717, 1.165) is 12.3 Å². The van der Waals surface area contributed by atoms with Gasteiger partial charge in [0.1, 0.15) is 6.26 Å². The standard InChI is InChI=1S/C12H7BrClNO4/c13-8-2-1-7(4-9(8)14)15-11(16)10-3-6(5-19-10)12(17)18/h1-5H,(H,15,16)(H,17,18). The second-order valence-corrected chi connectivity index (χ2v) is 4.85. The van der Waals surface area contributed by atoms with Crippen molar-refractivity contribution in [2.75, 3.05) is 5.32 Å². The largest absolute Gasteiger partial charge is 0.478 e. The lowest BCUT2D eigenvalue weighted by Crippen LogP contribution is -2.10. The third kappa shape index (κ3) is 3.15. The van der Waals surface area contributed by atoms with Gasteiger partial charge >= 0.3 is 5.97 Å². The van der Waals surface area contributed by atoms with E-state index in [2.05, 4.69) is 21.2 Å². The fraction of sp³-hybridized carbons (Fsp3) is 0. The van der Waals surface area contributed by atoms with Crippen LogP contribution in [0.3, 0.4) is 0 Å². The Morgan fingerprint density at radius 1 is 1.32 bits per heavy atom. The molecule has 19 heavy (non-hydrogen) atoms. The Labute approximate surface area is 121 Å². The average Bonchev–Trinajstić information content (AvgIpc) is 2.83. The third-order valence-corrected chi connectivity index (χ3v) is 3.48. The Kier molecular flexibility index (Phi) is 3.92. The highest BCUT2D eigenvalue weighted by Crippen LogP contribution is 2.25. The quantitative estimate of drug-likeness (QED) is 0.891. The summed E-state index contributed by atoms with van der Waals surface area (Å²) in [7, 11) is 0. The van der Waals surface area contributed by atoms with Crippen LogP contribution < -0.4 is 5.32 Å². The Hall–Kier alpha value is -1.79. The van der Waals surface area contributed by atoms with E-state index in [1.54, 1.807) is 18.2 Å². The molecule has 0 spiro atoms. The van der Waals surface area contributed by atoms with Crippen LogP contribution in [0.1, 0.15) is 20.9 Å². The second-order valence-electron chi connectivity index (χ2n) is 3.59. The minimum absolute atomic E-state index is 0.0843. The number of carboxylic acids is 1. The molecule has 0 atom stereocenters. The number of nitrogens with one attached hydrogen (secondary N) is 1. The number of rotatable bonds is 3. The van der Waals surface area contributed by atoms with Crippen LogP contribution in [0.25, 0.3) is 0 Å². The smallest absolute Gasteiger partial charge is 0.338 e. The van der Waals surface area contributed by atoms with Crippen molar-refractivity contribution in [3.63, 3.8) is 0 Å². The molecule has 0 aliphatic heterocycles. The predicted octanol–water partition coefficient (Wildman–Crippen LogP) is 3.65. The van der Waals surface area contributed by atoms with Crippen molar-refractivity contribution in [2.24, 2.45) is 0 Å². The van der Waals surface area contributed by atoms with Crippen molar-refractivity contribution in [3.8, 4) is 0 Å². The van der Waals surface area contributed by atoms with Gasteiger partial charge in [-0.05, 0) is 34.1 Å². The van der Waals surface area contributed by atoms with Gasteiger partial charge in [-0.3, -0.25) is 4.79 Å². The summed E-state index contributed by atoms with van der Waals surface area (Å²) >= 11 is 9.12. The van der Waals surface area contributed by atoms with Gasteiger partial charge in [-0.2, -0.15) is 0 Å². The Morgan fingerprint density at radius 3 is 2.63 bits per heavy atom. The molecule has 7 heteroatoms. The molecule has 1 aromatic carbocycles. The van der Waals surface area contributed by atoms with Crippen LogP contribution in [0.5, 0.6) is 0 Å². The summed E-state index contributed by atoms with van der Waals surface area (Å²) in [5.41, 5.74) is 0.394. The molecule has 98 valence electrons. The zero-order valence-corrected chi connectivity index (χ0v) is 11.7. The highest BCUT2D eigenvalue weighted by Gasteiger charge is 2.15. The van der Waals surface area contributed by atoms with Gasteiger partial charge in [0.05, 0.1) is 10.6 Å². The van der Waals surface area contributed by atoms with Crippen LogP contribution in [0.4, 0.5) is 5.69 Å². The molecular formula is C12H7BrClNO4. The molecular weight excluding hydrogens is 337 g/mol. The number of amides is 1. The first-order valence-electron chi connectivity index (χ1n) is 5.05. The van der Waals surface area contributed by atoms with Crippen LogP contribution in [0.15, 0.2) is 39.4 Å². The van der Waals surface area contributed by atoms with Gasteiger partial charge in [0.25, 0.3) is 5.91 Å². The first-order valence-corrected chi connectivity index (χ1v) is 6.22. The van der Waals surface area contributed by atoms with E-state index in [0.29, 0.717) is 15.2 Å². The SMILES string of the molecule is O=C(O)c1coc(C(=O)Nc2ccc(Br)c(Cl)c2)c1. The van der Waals surface area contributed by atoms with Crippen LogP contribution in [-0.4, -0.2) is 17.0 Å². The monoisotopic (exact) mass is 343 g/mol. The van der Waals surface area contributed by atoms with Gasteiger partial charge in [-0.15, -0.1) is 0 Å². The summed E-state index contributed by atoms with van der Waals surface area (Å²) in [6, 6.07) is 6.04. The molecule has 2 N–H and O–H groups in total. The molecule has 0 saturated carbocycles. The lowest BCUT2D eigenvalue weighted by molar-refractivity contribution is 0.0696. The van der Waals surface area contributed by atoms with Crippen molar-refractivity contribution in [2.45, 2.75) is 0 Å². The number of anilines is 1. The van der Waals surface area contributed by atoms with Gasteiger partial charge in [0, 0.05) is 16.2 Å². The van der Waals surface area contributed by atoms with Crippen LogP contribution >= 0.6 is 27.5 Å². The van der Waals surface area contributed by atoms with Crippen molar-refractivity contribution >= 4 is 45.1 Å². The molecule has 0 fully saturated rings. The summed E-state index contributed by atoms with van der Waals surface area (Å²) in [6.07, 6.45) is 1.01. The normalized spacial score (nSPS) is 10.2. The first-order chi connectivity index (χ1) is 8.97. The van der Waals surface area contributed by atoms with Gasteiger partial charge < -0.3 is 14.8 Å². The average molecular weight is 345 g/mol. The number of carbonyl (C=O) groups excluding carboxylic acids is 1. The summed E-state index contributed by atoms with van der Waals surface area (Å²) in [4.78, 5) is 22.5. The first kappa shape index (κ1) is 13.6. The van der Waals surface area contributed by atoms with E-state index in [4.69, 9.17) is 21.1 Å². The van der Waals surface area contributed by atoms with E-state index in [-0.39, 0.29) is 11.3 Å². The van der Waals surface area contributed by atoms with Gasteiger partial charge in [-0.1, -0.05) is 11.6 Å². The van der Waals surface area contributed by atoms with Crippen LogP contribution in [-0.2, 0) is 0 Å². The lowest BCUT2D eigenvalue weighted by Gasteiger charge is -2.04. The second kappa shape index (κ2) is 5.46. The Morgan fingerprint density at radius 2 is 2.05 bits per heavy atom. The molecule has 2 rings (SSSR count). The predicted molar refractivity (Wildman–Crippen MR) is 72.8 cm³/mol. The van der Waals surface area contributed by atoms with Gasteiger partial charge in [-0.25, -0.2) is 4.79 Å². The molecule has 0 aliphatic rings. The van der Waals surface area contributed by atoms with Crippen molar-refractivity contribution in [3.05, 3.63) is 51.3 Å². The van der Waals surface area contributed by atoms with E-state index in [1.165, 1.54) is 0 Å².